The maximum Gasteiger partial charge on any atom is 0.210 e. The Labute approximate surface area is 92.6 Å². The van der Waals surface area contributed by atoms with Crippen molar-refractivity contribution in [2.45, 2.75) is 25.4 Å². The van der Waals surface area contributed by atoms with Crippen molar-refractivity contribution in [2.75, 3.05) is 0 Å². The van der Waals surface area contributed by atoms with Crippen LogP contribution in [0.15, 0.2) is 18.2 Å². The number of carbonyl (C=O) groups excluding carboxylic acids is 1. The standard InChI is InChI=1S/C11H11ClFNO/c12-10-2-1-3-11(13)9(10)6-14(7-15)8-4-5-8/h1-3,7-8H,4-6H2. The molecule has 1 fully saturated rings. The van der Waals surface area contributed by atoms with Crippen molar-refractivity contribution in [1.82, 2.24) is 4.90 Å². The molecule has 1 aromatic carbocycles. The molecule has 1 amide bonds. The highest BCUT2D eigenvalue weighted by Crippen LogP contribution is 2.29. The summed E-state index contributed by atoms with van der Waals surface area (Å²) in [4.78, 5) is 12.4. The molecule has 0 aromatic heterocycles. The van der Waals surface area contributed by atoms with E-state index in [4.69, 9.17) is 11.6 Å². The fraction of sp³-hybridized carbons (Fsp3) is 0.364. The van der Waals surface area contributed by atoms with Gasteiger partial charge in [0.05, 0.1) is 6.54 Å². The Kier molecular flexibility index (Phi) is 2.91. The third-order valence-corrected chi connectivity index (χ3v) is 2.91. The first kappa shape index (κ1) is 10.4. The molecule has 0 N–H and O–H groups in total. The van der Waals surface area contributed by atoms with Crippen molar-refractivity contribution in [3.05, 3.63) is 34.6 Å². The number of amides is 1. The van der Waals surface area contributed by atoms with Crippen LogP contribution in [0, 0.1) is 5.82 Å². The van der Waals surface area contributed by atoms with Crippen LogP contribution in [-0.4, -0.2) is 17.4 Å². The second-order valence-electron chi connectivity index (χ2n) is 3.71. The van der Waals surface area contributed by atoms with Gasteiger partial charge in [-0.2, -0.15) is 0 Å². The molecule has 80 valence electrons. The van der Waals surface area contributed by atoms with Crippen LogP contribution in [0.2, 0.25) is 5.02 Å². The zero-order chi connectivity index (χ0) is 10.8. The Bertz CT molecular complexity index is 359. The van der Waals surface area contributed by atoms with Crippen LogP contribution in [-0.2, 0) is 11.3 Å². The average molecular weight is 228 g/mol. The van der Waals surface area contributed by atoms with Gasteiger partial charge in [-0.15, -0.1) is 0 Å². The zero-order valence-electron chi connectivity index (χ0n) is 8.12. The number of hydrogen-bond acceptors (Lipinski definition) is 1. The van der Waals surface area contributed by atoms with E-state index in [0.717, 1.165) is 19.3 Å². The second-order valence-corrected chi connectivity index (χ2v) is 4.12. The van der Waals surface area contributed by atoms with Crippen LogP contribution in [0.5, 0.6) is 0 Å². The highest BCUT2D eigenvalue weighted by Gasteiger charge is 2.28. The Balaban J connectivity index is 2.18. The fourth-order valence-corrected chi connectivity index (χ4v) is 1.75. The Morgan fingerprint density at radius 3 is 2.80 bits per heavy atom. The van der Waals surface area contributed by atoms with Crippen LogP contribution in [0.4, 0.5) is 4.39 Å². The van der Waals surface area contributed by atoms with Crippen LogP contribution >= 0.6 is 11.6 Å². The van der Waals surface area contributed by atoms with Gasteiger partial charge in [0.15, 0.2) is 0 Å². The molecule has 2 nitrogen and oxygen atoms in total. The first-order chi connectivity index (χ1) is 7.22. The number of benzene rings is 1. The van der Waals surface area contributed by atoms with Crippen LogP contribution in [0.3, 0.4) is 0 Å². The number of carbonyl (C=O) groups is 1. The number of rotatable bonds is 4. The van der Waals surface area contributed by atoms with Gasteiger partial charge in [-0.25, -0.2) is 4.39 Å². The maximum absolute atomic E-state index is 13.4. The van der Waals surface area contributed by atoms with Crippen molar-refractivity contribution in [3.8, 4) is 0 Å². The molecule has 0 saturated heterocycles. The summed E-state index contributed by atoms with van der Waals surface area (Å²) >= 11 is 5.87. The Hall–Kier alpha value is -1.09. The van der Waals surface area contributed by atoms with Gasteiger partial charge in [-0.3, -0.25) is 4.79 Å². The third-order valence-electron chi connectivity index (χ3n) is 2.55. The largest absolute Gasteiger partial charge is 0.338 e. The van der Waals surface area contributed by atoms with Gasteiger partial charge in [0.1, 0.15) is 5.82 Å². The minimum atomic E-state index is -0.352. The first-order valence-corrected chi connectivity index (χ1v) is 5.24. The molecule has 0 spiro atoms. The molecule has 15 heavy (non-hydrogen) atoms. The van der Waals surface area contributed by atoms with E-state index >= 15 is 0 Å². The summed E-state index contributed by atoms with van der Waals surface area (Å²) in [7, 11) is 0. The molecule has 1 aromatic rings. The zero-order valence-corrected chi connectivity index (χ0v) is 8.88. The van der Waals surface area contributed by atoms with E-state index < -0.39 is 0 Å². The van der Waals surface area contributed by atoms with Crippen LogP contribution in [0.1, 0.15) is 18.4 Å². The van der Waals surface area contributed by atoms with E-state index in [2.05, 4.69) is 0 Å². The predicted octanol–water partition coefficient (Wildman–Crippen LogP) is 2.60. The van der Waals surface area contributed by atoms with Gasteiger partial charge in [-0.1, -0.05) is 17.7 Å². The number of hydrogen-bond donors (Lipinski definition) is 0. The minimum Gasteiger partial charge on any atom is -0.338 e. The number of halogens is 2. The fourth-order valence-electron chi connectivity index (χ4n) is 1.52. The Morgan fingerprint density at radius 1 is 1.53 bits per heavy atom. The smallest absolute Gasteiger partial charge is 0.210 e. The summed E-state index contributed by atoms with van der Waals surface area (Å²) in [5, 5.41) is 0.377. The van der Waals surface area contributed by atoms with Gasteiger partial charge in [0.2, 0.25) is 6.41 Å². The molecule has 0 atom stereocenters. The molecule has 0 heterocycles. The van der Waals surface area contributed by atoms with Crippen molar-refractivity contribution < 1.29 is 9.18 Å². The van der Waals surface area contributed by atoms with Gasteiger partial charge < -0.3 is 4.90 Å². The topological polar surface area (TPSA) is 20.3 Å². The summed E-state index contributed by atoms with van der Waals surface area (Å²) in [6.45, 7) is 0.264. The summed E-state index contributed by atoms with van der Waals surface area (Å²) in [6.07, 6.45) is 2.77. The minimum absolute atomic E-state index is 0.264. The normalized spacial score (nSPS) is 15.1. The lowest BCUT2D eigenvalue weighted by Gasteiger charge is -2.17. The van der Waals surface area contributed by atoms with Crippen molar-refractivity contribution >= 4 is 18.0 Å². The maximum atomic E-state index is 13.4. The molecule has 1 aliphatic carbocycles. The van der Waals surface area contributed by atoms with E-state index in [1.807, 2.05) is 0 Å². The summed E-state index contributed by atoms with van der Waals surface area (Å²) < 4.78 is 13.4. The van der Waals surface area contributed by atoms with E-state index in [1.165, 1.54) is 6.07 Å². The molecular weight excluding hydrogens is 217 g/mol. The van der Waals surface area contributed by atoms with E-state index in [9.17, 15) is 9.18 Å². The molecule has 0 bridgehead atoms. The first-order valence-electron chi connectivity index (χ1n) is 4.86. The molecule has 1 saturated carbocycles. The van der Waals surface area contributed by atoms with Gasteiger partial charge in [0, 0.05) is 16.6 Å². The molecule has 0 radical (unpaired) electrons. The van der Waals surface area contributed by atoms with Crippen LogP contribution < -0.4 is 0 Å². The number of nitrogens with zero attached hydrogens (tertiary/aromatic N) is 1. The van der Waals surface area contributed by atoms with E-state index in [1.54, 1.807) is 17.0 Å². The highest BCUT2D eigenvalue weighted by atomic mass is 35.5. The van der Waals surface area contributed by atoms with Gasteiger partial charge in [-0.05, 0) is 25.0 Å². The summed E-state index contributed by atoms with van der Waals surface area (Å²) in [5.74, 6) is -0.352. The molecular formula is C11H11ClFNO. The van der Waals surface area contributed by atoms with Crippen LogP contribution in [0.25, 0.3) is 0 Å². The highest BCUT2D eigenvalue weighted by molar-refractivity contribution is 6.31. The molecule has 4 heteroatoms. The summed E-state index contributed by atoms with van der Waals surface area (Å²) in [5.41, 5.74) is 0.401. The molecule has 2 rings (SSSR count). The lowest BCUT2D eigenvalue weighted by Crippen LogP contribution is -2.24. The lowest BCUT2D eigenvalue weighted by atomic mass is 10.2. The Morgan fingerprint density at radius 2 is 2.27 bits per heavy atom. The average Bonchev–Trinajstić information content (AvgIpc) is 3.01. The van der Waals surface area contributed by atoms with E-state index in [-0.39, 0.29) is 18.4 Å². The van der Waals surface area contributed by atoms with Crippen molar-refractivity contribution in [1.29, 1.82) is 0 Å². The monoisotopic (exact) mass is 227 g/mol. The van der Waals surface area contributed by atoms with Crippen molar-refractivity contribution in [2.24, 2.45) is 0 Å². The quantitative estimate of drug-likeness (QED) is 0.724. The molecule has 1 aliphatic rings. The van der Waals surface area contributed by atoms with E-state index in [0.29, 0.717) is 10.6 Å². The van der Waals surface area contributed by atoms with Gasteiger partial charge >= 0.3 is 0 Å². The third kappa shape index (κ3) is 2.29. The summed E-state index contributed by atoms with van der Waals surface area (Å²) in [6, 6.07) is 4.83. The van der Waals surface area contributed by atoms with Gasteiger partial charge in [0.25, 0.3) is 0 Å². The lowest BCUT2D eigenvalue weighted by molar-refractivity contribution is -0.119. The SMILES string of the molecule is O=CN(Cc1c(F)cccc1Cl)C1CC1. The van der Waals surface area contributed by atoms with Crippen molar-refractivity contribution in [3.63, 3.8) is 0 Å². The predicted molar refractivity (Wildman–Crippen MR) is 56.0 cm³/mol. The molecule has 0 aliphatic heterocycles. The second kappa shape index (κ2) is 4.19. The molecule has 0 unspecified atom stereocenters.